The maximum atomic E-state index is 11.0. The van der Waals surface area contributed by atoms with E-state index in [1.54, 1.807) is 19.0 Å². The molecule has 0 aromatic rings. The van der Waals surface area contributed by atoms with Gasteiger partial charge in [-0.3, -0.25) is 4.90 Å². The first-order chi connectivity index (χ1) is 5.45. The Morgan fingerprint density at radius 2 is 2.17 bits per heavy atom. The summed E-state index contributed by atoms with van der Waals surface area (Å²) < 4.78 is 4.75. The van der Waals surface area contributed by atoms with Crippen LogP contribution in [0.2, 0.25) is 0 Å². The molecular weight excluding hydrogens is 158 g/mol. The van der Waals surface area contributed by atoms with Gasteiger partial charge in [0.2, 0.25) is 0 Å². The van der Waals surface area contributed by atoms with Gasteiger partial charge >= 0.3 is 5.97 Å². The van der Waals surface area contributed by atoms with Crippen molar-refractivity contribution in [2.24, 2.45) is 0 Å². The first-order valence-corrected chi connectivity index (χ1v) is 3.64. The molecule has 1 N–H and O–H groups in total. The van der Waals surface area contributed by atoms with Gasteiger partial charge in [0.05, 0.1) is 11.7 Å². The van der Waals surface area contributed by atoms with Crippen LogP contribution in [-0.2, 0) is 9.53 Å². The molecule has 1 unspecified atom stereocenters. The monoisotopic (exact) mass is 173 g/mol. The standard InChI is InChI=1S/C8H15NO3/c1-6(7(2)10)8(11)12-5-9(3)4/h7,10H,1,5H2,2-4H3. The van der Waals surface area contributed by atoms with Gasteiger partial charge in [0.1, 0.15) is 6.73 Å². The van der Waals surface area contributed by atoms with Crippen LogP contribution in [-0.4, -0.2) is 42.9 Å². The Kier molecular flexibility index (Phi) is 4.54. The van der Waals surface area contributed by atoms with E-state index in [4.69, 9.17) is 9.84 Å². The van der Waals surface area contributed by atoms with E-state index in [1.165, 1.54) is 6.92 Å². The number of hydrogen-bond acceptors (Lipinski definition) is 4. The van der Waals surface area contributed by atoms with Gasteiger partial charge in [0, 0.05) is 0 Å². The third-order valence-electron chi connectivity index (χ3n) is 1.22. The lowest BCUT2D eigenvalue weighted by atomic mass is 10.2. The summed E-state index contributed by atoms with van der Waals surface area (Å²) in [7, 11) is 3.55. The molecule has 0 rings (SSSR count). The summed E-state index contributed by atoms with van der Waals surface area (Å²) in [4.78, 5) is 12.7. The van der Waals surface area contributed by atoms with Crippen molar-refractivity contribution in [1.82, 2.24) is 4.90 Å². The maximum absolute atomic E-state index is 11.0. The van der Waals surface area contributed by atoms with E-state index in [1.807, 2.05) is 0 Å². The summed E-state index contributed by atoms with van der Waals surface area (Å²) in [6.45, 7) is 5.06. The largest absolute Gasteiger partial charge is 0.446 e. The van der Waals surface area contributed by atoms with Gasteiger partial charge in [0.25, 0.3) is 0 Å². The van der Waals surface area contributed by atoms with Crippen LogP contribution in [0.5, 0.6) is 0 Å². The highest BCUT2D eigenvalue weighted by Gasteiger charge is 2.13. The van der Waals surface area contributed by atoms with Crippen molar-refractivity contribution >= 4 is 5.97 Å². The molecule has 0 aliphatic carbocycles. The number of esters is 1. The topological polar surface area (TPSA) is 49.8 Å². The lowest BCUT2D eigenvalue weighted by molar-refractivity contribution is -0.143. The van der Waals surface area contributed by atoms with Crippen molar-refractivity contribution in [2.75, 3.05) is 20.8 Å². The van der Waals surface area contributed by atoms with Crippen LogP contribution >= 0.6 is 0 Å². The number of aliphatic hydroxyl groups excluding tert-OH is 1. The summed E-state index contributed by atoms with van der Waals surface area (Å²) in [5.74, 6) is -0.557. The highest BCUT2D eigenvalue weighted by molar-refractivity contribution is 5.88. The zero-order chi connectivity index (χ0) is 9.72. The molecule has 0 spiro atoms. The van der Waals surface area contributed by atoms with Crippen molar-refractivity contribution in [1.29, 1.82) is 0 Å². The molecule has 0 saturated heterocycles. The van der Waals surface area contributed by atoms with E-state index in [0.29, 0.717) is 0 Å². The minimum atomic E-state index is -0.848. The molecule has 4 heteroatoms. The number of rotatable bonds is 4. The van der Waals surface area contributed by atoms with Gasteiger partial charge in [-0.25, -0.2) is 4.79 Å². The molecule has 0 aliphatic rings. The molecule has 0 amide bonds. The molecule has 1 atom stereocenters. The summed E-state index contributed by atoms with van der Waals surface area (Å²) in [6, 6.07) is 0. The number of carbonyl (C=O) groups excluding carboxylic acids is 1. The predicted octanol–water partition coefficient (Wildman–Crippen LogP) is -0.0143. The molecule has 70 valence electrons. The zero-order valence-electron chi connectivity index (χ0n) is 7.70. The Bertz CT molecular complexity index is 175. The second kappa shape index (κ2) is 4.90. The number of carbonyl (C=O) groups is 1. The van der Waals surface area contributed by atoms with Gasteiger partial charge in [-0.1, -0.05) is 6.58 Å². The van der Waals surface area contributed by atoms with Crippen molar-refractivity contribution < 1.29 is 14.6 Å². The molecule has 4 nitrogen and oxygen atoms in total. The SMILES string of the molecule is C=C(C(=O)OCN(C)C)C(C)O. The highest BCUT2D eigenvalue weighted by Crippen LogP contribution is 2.00. The Morgan fingerprint density at radius 3 is 2.50 bits per heavy atom. The maximum Gasteiger partial charge on any atom is 0.337 e. The zero-order valence-corrected chi connectivity index (χ0v) is 7.70. The second-order valence-corrected chi connectivity index (χ2v) is 2.84. The average molecular weight is 173 g/mol. The van der Waals surface area contributed by atoms with Crippen LogP contribution in [0, 0.1) is 0 Å². The van der Waals surface area contributed by atoms with Crippen molar-refractivity contribution in [3.8, 4) is 0 Å². The molecule has 0 aliphatic heterocycles. The summed E-state index contributed by atoms with van der Waals surface area (Å²) in [5.41, 5.74) is 0.0804. The molecule has 0 bridgehead atoms. The molecule has 0 radical (unpaired) electrons. The third kappa shape index (κ3) is 4.10. The summed E-state index contributed by atoms with van der Waals surface area (Å²) in [6.07, 6.45) is -0.848. The van der Waals surface area contributed by atoms with Crippen LogP contribution in [0.15, 0.2) is 12.2 Å². The fourth-order valence-electron chi connectivity index (χ4n) is 0.451. The van der Waals surface area contributed by atoms with Crippen LogP contribution in [0.1, 0.15) is 6.92 Å². The van der Waals surface area contributed by atoms with Gasteiger partial charge < -0.3 is 9.84 Å². The molecule has 0 heterocycles. The molecule has 0 saturated carbocycles. The van der Waals surface area contributed by atoms with E-state index >= 15 is 0 Å². The Hall–Kier alpha value is -0.870. The highest BCUT2D eigenvalue weighted by atomic mass is 16.5. The van der Waals surface area contributed by atoms with E-state index in [0.717, 1.165) is 0 Å². The fourth-order valence-corrected chi connectivity index (χ4v) is 0.451. The van der Waals surface area contributed by atoms with Crippen molar-refractivity contribution in [2.45, 2.75) is 13.0 Å². The summed E-state index contributed by atoms with van der Waals surface area (Å²) >= 11 is 0. The van der Waals surface area contributed by atoms with Gasteiger partial charge in [-0.2, -0.15) is 0 Å². The normalized spacial score (nSPS) is 12.8. The van der Waals surface area contributed by atoms with Gasteiger partial charge in [-0.15, -0.1) is 0 Å². The first-order valence-electron chi connectivity index (χ1n) is 3.64. The Balaban J connectivity index is 3.81. The number of hydrogen-bond donors (Lipinski definition) is 1. The van der Waals surface area contributed by atoms with Crippen LogP contribution in [0.3, 0.4) is 0 Å². The van der Waals surface area contributed by atoms with Crippen LogP contribution in [0.25, 0.3) is 0 Å². The van der Waals surface area contributed by atoms with E-state index in [-0.39, 0.29) is 12.3 Å². The number of nitrogens with zero attached hydrogens (tertiary/aromatic N) is 1. The quantitative estimate of drug-likeness (QED) is 0.369. The fraction of sp³-hybridized carbons (Fsp3) is 0.625. The van der Waals surface area contributed by atoms with Crippen LogP contribution in [0.4, 0.5) is 0 Å². The molecule has 0 aromatic heterocycles. The van der Waals surface area contributed by atoms with Gasteiger partial charge in [0.15, 0.2) is 0 Å². The minimum Gasteiger partial charge on any atom is -0.446 e. The molecule has 0 fully saturated rings. The summed E-state index contributed by atoms with van der Waals surface area (Å²) in [5, 5.41) is 8.94. The van der Waals surface area contributed by atoms with Gasteiger partial charge in [-0.05, 0) is 21.0 Å². The van der Waals surface area contributed by atoms with Crippen molar-refractivity contribution in [3.05, 3.63) is 12.2 Å². The van der Waals surface area contributed by atoms with E-state index < -0.39 is 12.1 Å². The third-order valence-corrected chi connectivity index (χ3v) is 1.22. The molecule has 12 heavy (non-hydrogen) atoms. The lowest BCUT2D eigenvalue weighted by Gasteiger charge is -2.12. The van der Waals surface area contributed by atoms with E-state index in [9.17, 15) is 4.79 Å². The molecule has 0 aromatic carbocycles. The molecular formula is C8H15NO3. The number of aliphatic hydroxyl groups is 1. The van der Waals surface area contributed by atoms with E-state index in [2.05, 4.69) is 6.58 Å². The predicted molar refractivity (Wildman–Crippen MR) is 45.5 cm³/mol. The Morgan fingerprint density at radius 1 is 1.67 bits per heavy atom. The number of ether oxygens (including phenoxy) is 1. The van der Waals surface area contributed by atoms with Crippen molar-refractivity contribution in [3.63, 3.8) is 0 Å². The lowest BCUT2D eigenvalue weighted by Crippen LogP contribution is -2.23. The average Bonchev–Trinajstić information content (AvgIpc) is 1.98. The first kappa shape index (κ1) is 11.1. The second-order valence-electron chi connectivity index (χ2n) is 2.84. The smallest absolute Gasteiger partial charge is 0.337 e. The Labute approximate surface area is 72.4 Å². The van der Waals surface area contributed by atoms with Crippen LogP contribution < -0.4 is 0 Å². The minimum absolute atomic E-state index is 0.0804.